The number of aryl methyl sites for hydroxylation is 1. The molecule has 1 fully saturated rings. The molecule has 0 bridgehead atoms. The first-order valence-electron chi connectivity index (χ1n) is 7.01. The highest BCUT2D eigenvalue weighted by Crippen LogP contribution is 2.22. The predicted octanol–water partition coefficient (Wildman–Crippen LogP) is 2.60. The van der Waals surface area contributed by atoms with Crippen LogP contribution in [0.15, 0.2) is 29.6 Å². The number of nitrogens with one attached hydrogen (secondary N) is 2. The van der Waals surface area contributed by atoms with Crippen molar-refractivity contribution in [3.8, 4) is 0 Å². The van der Waals surface area contributed by atoms with Crippen molar-refractivity contribution in [1.29, 1.82) is 0 Å². The number of thiazole rings is 1. The number of hydrogen-bond donors (Lipinski definition) is 2. The Kier molecular flexibility index (Phi) is 4.30. The van der Waals surface area contributed by atoms with Crippen molar-refractivity contribution in [1.82, 2.24) is 15.2 Å². The third kappa shape index (κ3) is 3.56. The Bertz CT molecular complexity index is 543. The second kappa shape index (κ2) is 6.35. The van der Waals surface area contributed by atoms with Crippen molar-refractivity contribution in [2.75, 3.05) is 31.5 Å². The van der Waals surface area contributed by atoms with E-state index in [9.17, 15) is 0 Å². The quantitative estimate of drug-likeness (QED) is 0.907. The van der Waals surface area contributed by atoms with Gasteiger partial charge in [0.1, 0.15) is 0 Å². The minimum atomic E-state index is 0.952. The Morgan fingerprint density at radius 2 is 2.00 bits per heavy atom. The van der Waals surface area contributed by atoms with Crippen LogP contribution in [0.3, 0.4) is 0 Å². The summed E-state index contributed by atoms with van der Waals surface area (Å²) in [5, 5.41) is 9.86. The Hall–Kier alpha value is -1.43. The van der Waals surface area contributed by atoms with Crippen LogP contribution >= 0.6 is 11.3 Å². The van der Waals surface area contributed by atoms with E-state index in [4.69, 9.17) is 0 Å². The first-order valence-corrected chi connectivity index (χ1v) is 7.89. The van der Waals surface area contributed by atoms with Gasteiger partial charge < -0.3 is 10.6 Å². The van der Waals surface area contributed by atoms with Gasteiger partial charge in [-0.15, -0.1) is 11.3 Å². The Labute approximate surface area is 123 Å². The average molecular weight is 288 g/mol. The molecule has 0 amide bonds. The second-order valence-corrected chi connectivity index (χ2v) is 6.02. The van der Waals surface area contributed by atoms with Gasteiger partial charge in [0.25, 0.3) is 0 Å². The molecule has 2 aromatic rings. The number of nitrogens with zero attached hydrogens (tertiary/aromatic N) is 2. The predicted molar refractivity (Wildman–Crippen MR) is 84.7 cm³/mol. The molecule has 0 spiro atoms. The van der Waals surface area contributed by atoms with E-state index in [0.29, 0.717) is 0 Å². The molecule has 0 radical (unpaired) electrons. The third-order valence-corrected chi connectivity index (χ3v) is 4.26. The van der Waals surface area contributed by atoms with E-state index in [1.807, 2.05) is 0 Å². The first-order chi connectivity index (χ1) is 9.79. The SMILES string of the molecule is Cc1ccc(Nc2nc(CN3CCNCC3)cs2)cc1. The molecule has 20 heavy (non-hydrogen) atoms. The Balaban J connectivity index is 1.60. The Morgan fingerprint density at radius 1 is 1.25 bits per heavy atom. The van der Waals surface area contributed by atoms with Crippen LogP contribution in [-0.2, 0) is 6.54 Å². The van der Waals surface area contributed by atoms with Crippen LogP contribution in [0.1, 0.15) is 11.3 Å². The van der Waals surface area contributed by atoms with Gasteiger partial charge in [-0.1, -0.05) is 17.7 Å². The number of benzene rings is 1. The van der Waals surface area contributed by atoms with Gasteiger partial charge in [0, 0.05) is 43.8 Å². The average Bonchev–Trinajstić information content (AvgIpc) is 2.90. The number of hydrogen-bond acceptors (Lipinski definition) is 5. The van der Waals surface area contributed by atoms with E-state index < -0.39 is 0 Å². The van der Waals surface area contributed by atoms with Crippen LogP contribution in [0.25, 0.3) is 0 Å². The maximum atomic E-state index is 4.67. The molecule has 0 atom stereocenters. The summed E-state index contributed by atoms with van der Waals surface area (Å²) < 4.78 is 0. The van der Waals surface area contributed by atoms with Crippen molar-refractivity contribution in [2.45, 2.75) is 13.5 Å². The van der Waals surface area contributed by atoms with E-state index in [1.54, 1.807) is 11.3 Å². The molecule has 106 valence electrons. The topological polar surface area (TPSA) is 40.2 Å². The monoisotopic (exact) mass is 288 g/mol. The second-order valence-electron chi connectivity index (χ2n) is 5.16. The lowest BCUT2D eigenvalue weighted by Gasteiger charge is -2.26. The normalized spacial score (nSPS) is 16.2. The summed E-state index contributed by atoms with van der Waals surface area (Å²) in [6, 6.07) is 8.40. The van der Waals surface area contributed by atoms with Crippen LogP contribution in [0.2, 0.25) is 0 Å². The van der Waals surface area contributed by atoms with Gasteiger partial charge in [-0.25, -0.2) is 4.98 Å². The van der Waals surface area contributed by atoms with Crippen LogP contribution in [-0.4, -0.2) is 36.1 Å². The number of piperazine rings is 1. The summed E-state index contributed by atoms with van der Waals surface area (Å²) in [4.78, 5) is 7.11. The highest BCUT2D eigenvalue weighted by Gasteiger charge is 2.11. The molecule has 3 rings (SSSR count). The van der Waals surface area contributed by atoms with Crippen LogP contribution < -0.4 is 10.6 Å². The van der Waals surface area contributed by atoms with Crippen molar-refractivity contribution in [3.63, 3.8) is 0 Å². The number of aromatic nitrogens is 1. The molecular weight excluding hydrogens is 268 g/mol. The zero-order valence-electron chi connectivity index (χ0n) is 11.7. The summed E-state index contributed by atoms with van der Waals surface area (Å²) in [6.07, 6.45) is 0. The van der Waals surface area contributed by atoms with Gasteiger partial charge >= 0.3 is 0 Å². The van der Waals surface area contributed by atoms with Gasteiger partial charge in [0.2, 0.25) is 0 Å². The summed E-state index contributed by atoms with van der Waals surface area (Å²) in [5.41, 5.74) is 3.53. The van der Waals surface area contributed by atoms with Gasteiger partial charge in [0.05, 0.1) is 5.69 Å². The summed E-state index contributed by atoms with van der Waals surface area (Å²) >= 11 is 1.67. The lowest BCUT2D eigenvalue weighted by Crippen LogP contribution is -2.42. The molecule has 2 N–H and O–H groups in total. The molecule has 1 saturated heterocycles. The summed E-state index contributed by atoms with van der Waals surface area (Å²) in [6.45, 7) is 7.43. The molecule has 4 nitrogen and oxygen atoms in total. The first kappa shape index (κ1) is 13.5. The van der Waals surface area contributed by atoms with Crippen LogP contribution in [0.5, 0.6) is 0 Å². The fourth-order valence-electron chi connectivity index (χ4n) is 2.30. The van der Waals surface area contributed by atoms with Gasteiger partial charge in [-0.2, -0.15) is 0 Å². The smallest absolute Gasteiger partial charge is 0.187 e. The Morgan fingerprint density at radius 3 is 2.75 bits per heavy atom. The van der Waals surface area contributed by atoms with Crippen molar-refractivity contribution in [3.05, 3.63) is 40.9 Å². The van der Waals surface area contributed by atoms with Crippen molar-refractivity contribution in [2.24, 2.45) is 0 Å². The molecule has 0 saturated carbocycles. The molecule has 1 aliphatic rings. The molecule has 1 aliphatic heterocycles. The largest absolute Gasteiger partial charge is 0.332 e. The summed E-state index contributed by atoms with van der Waals surface area (Å²) in [5.74, 6) is 0. The minimum Gasteiger partial charge on any atom is -0.332 e. The van der Waals surface area contributed by atoms with Crippen LogP contribution in [0.4, 0.5) is 10.8 Å². The van der Waals surface area contributed by atoms with E-state index in [1.165, 1.54) is 5.56 Å². The fourth-order valence-corrected chi connectivity index (χ4v) is 3.02. The molecular formula is C15H20N4S. The van der Waals surface area contributed by atoms with Gasteiger partial charge in [-0.3, -0.25) is 4.90 Å². The molecule has 1 aromatic carbocycles. The lowest BCUT2D eigenvalue weighted by atomic mass is 10.2. The maximum absolute atomic E-state index is 4.67. The maximum Gasteiger partial charge on any atom is 0.187 e. The molecule has 5 heteroatoms. The lowest BCUT2D eigenvalue weighted by molar-refractivity contribution is 0.231. The van der Waals surface area contributed by atoms with Gasteiger partial charge in [0.15, 0.2) is 5.13 Å². The molecule has 0 aliphatic carbocycles. The zero-order valence-corrected chi connectivity index (χ0v) is 12.5. The highest BCUT2D eigenvalue weighted by molar-refractivity contribution is 7.13. The van der Waals surface area contributed by atoms with E-state index >= 15 is 0 Å². The van der Waals surface area contributed by atoms with E-state index in [0.717, 1.165) is 49.2 Å². The van der Waals surface area contributed by atoms with Gasteiger partial charge in [-0.05, 0) is 19.1 Å². The fraction of sp³-hybridized carbons (Fsp3) is 0.400. The zero-order chi connectivity index (χ0) is 13.8. The number of anilines is 2. The number of rotatable bonds is 4. The van der Waals surface area contributed by atoms with E-state index in [2.05, 4.69) is 57.1 Å². The van der Waals surface area contributed by atoms with Crippen molar-refractivity contribution >= 4 is 22.2 Å². The molecule has 0 unspecified atom stereocenters. The third-order valence-electron chi connectivity index (χ3n) is 3.45. The molecule has 2 heterocycles. The van der Waals surface area contributed by atoms with Crippen molar-refractivity contribution < 1.29 is 0 Å². The minimum absolute atomic E-state index is 0.952. The highest BCUT2D eigenvalue weighted by atomic mass is 32.1. The van der Waals surface area contributed by atoms with Crippen LogP contribution in [0, 0.1) is 6.92 Å². The summed E-state index contributed by atoms with van der Waals surface area (Å²) in [7, 11) is 0. The standard InChI is InChI=1S/C15H20N4S/c1-12-2-4-13(5-3-12)17-15-18-14(11-20-15)10-19-8-6-16-7-9-19/h2-5,11,16H,6-10H2,1H3,(H,17,18). The van der Waals surface area contributed by atoms with E-state index in [-0.39, 0.29) is 0 Å². The molecule has 1 aromatic heterocycles.